The average Bonchev–Trinajstić information content (AvgIpc) is 3.06. The number of likely N-dealkylation sites (N-methyl/N-ethyl adjacent to an activating group) is 1. The minimum absolute atomic E-state index is 0.332. The first-order chi connectivity index (χ1) is 10.3. The van der Waals surface area contributed by atoms with Gasteiger partial charge in [-0.25, -0.2) is 0 Å². The van der Waals surface area contributed by atoms with Crippen LogP contribution < -0.4 is 9.47 Å². The summed E-state index contributed by atoms with van der Waals surface area (Å²) in [5.41, 5.74) is 2.72. The molecular weight excluding hydrogens is 282 g/mol. The summed E-state index contributed by atoms with van der Waals surface area (Å²) in [7, 11) is 3.40. The van der Waals surface area contributed by atoms with Crippen LogP contribution in [0.5, 0.6) is 11.5 Å². The van der Waals surface area contributed by atoms with Gasteiger partial charge in [0.2, 0.25) is 0 Å². The maximum atomic E-state index is 5.50. The Bertz CT molecular complexity index is 610. The fourth-order valence-electron chi connectivity index (χ4n) is 3.12. The van der Waals surface area contributed by atoms with Crippen molar-refractivity contribution in [3.05, 3.63) is 45.6 Å². The molecule has 3 nitrogen and oxygen atoms in total. The predicted molar refractivity (Wildman–Crippen MR) is 86.7 cm³/mol. The van der Waals surface area contributed by atoms with E-state index in [-0.39, 0.29) is 0 Å². The van der Waals surface area contributed by atoms with Crippen LogP contribution in [0.1, 0.15) is 29.0 Å². The van der Waals surface area contributed by atoms with Crippen LogP contribution >= 0.6 is 11.3 Å². The van der Waals surface area contributed by atoms with Crippen molar-refractivity contribution < 1.29 is 9.47 Å². The number of nitrogens with zero attached hydrogens (tertiary/aromatic N) is 1. The van der Waals surface area contributed by atoms with E-state index < -0.39 is 0 Å². The van der Waals surface area contributed by atoms with Crippen molar-refractivity contribution >= 4 is 11.3 Å². The van der Waals surface area contributed by atoms with E-state index in [4.69, 9.17) is 9.47 Å². The van der Waals surface area contributed by atoms with Gasteiger partial charge in [-0.3, -0.25) is 4.90 Å². The van der Waals surface area contributed by atoms with E-state index in [0.717, 1.165) is 31.0 Å². The quantitative estimate of drug-likeness (QED) is 0.859. The fourth-order valence-corrected chi connectivity index (χ4v) is 3.99. The minimum Gasteiger partial charge on any atom is -0.493 e. The highest BCUT2D eigenvalue weighted by Crippen LogP contribution is 2.41. The SMILES string of the molecule is CCN1CCc2cc(OC)c(OC)cc2C1c1cccs1. The largest absolute Gasteiger partial charge is 0.493 e. The Morgan fingerprint density at radius 2 is 2.00 bits per heavy atom. The molecule has 2 aromatic rings. The van der Waals surface area contributed by atoms with E-state index in [1.807, 2.05) is 11.3 Å². The van der Waals surface area contributed by atoms with E-state index in [1.54, 1.807) is 14.2 Å². The zero-order valence-corrected chi connectivity index (χ0v) is 13.6. The molecule has 1 aromatic heterocycles. The fraction of sp³-hybridized carbons (Fsp3) is 0.412. The Labute approximate surface area is 130 Å². The van der Waals surface area contributed by atoms with Gasteiger partial charge in [0.25, 0.3) is 0 Å². The number of fused-ring (bicyclic) bond motifs is 1. The summed E-state index contributed by atoms with van der Waals surface area (Å²) >= 11 is 1.82. The number of ether oxygens (including phenoxy) is 2. The highest BCUT2D eigenvalue weighted by atomic mass is 32.1. The lowest BCUT2D eigenvalue weighted by Crippen LogP contribution is -2.35. The van der Waals surface area contributed by atoms with Gasteiger partial charge in [0, 0.05) is 11.4 Å². The highest BCUT2D eigenvalue weighted by molar-refractivity contribution is 7.10. The average molecular weight is 303 g/mol. The maximum Gasteiger partial charge on any atom is 0.161 e. The molecule has 0 radical (unpaired) electrons. The summed E-state index contributed by atoms with van der Waals surface area (Å²) in [5.74, 6) is 1.64. The first-order valence-electron chi connectivity index (χ1n) is 7.30. The third kappa shape index (κ3) is 2.54. The second-order valence-corrected chi connectivity index (χ2v) is 6.18. The van der Waals surface area contributed by atoms with Crippen LogP contribution in [-0.2, 0) is 6.42 Å². The third-order valence-corrected chi connectivity index (χ3v) is 5.12. The monoisotopic (exact) mass is 303 g/mol. The molecule has 1 aliphatic heterocycles. The lowest BCUT2D eigenvalue weighted by atomic mass is 9.91. The smallest absolute Gasteiger partial charge is 0.161 e. The summed E-state index contributed by atoms with van der Waals surface area (Å²) in [6.45, 7) is 4.37. The van der Waals surface area contributed by atoms with Crippen molar-refractivity contribution in [3.8, 4) is 11.5 Å². The van der Waals surface area contributed by atoms with Crippen LogP contribution in [-0.4, -0.2) is 32.2 Å². The normalized spacial score (nSPS) is 18.3. The number of hydrogen-bond acceptors (Lipinski definition) is 4. The van der Waals surface area contributed by atoms with E-state index in [2.05, 4.69) is 41.5 Å². The highest BCUT2D eigenvalue weighted by Gasteiger charge is 2.29. The second kappa shape index (κ2) is 6.08. The summed E-state index contributed by atoms with van der Waals surface area (Å²) in [4.78, 5) is 3.92. The number of rotatable bonds is 4. The molecule has 0 N–H and O–H groups in total. The van der Waals surface area contributed by atoms with Crippen LogP contribution in [0.15, 0.2) is 29.6 Å². The van der Waals surface area contributed by atoms with Crippen molar-refractivity contribution in [1.82, 2.24) is 4.90 Å². The lowest BCUT2D eigenvalue weighted by molar-refractivity contribution is 0.226. The molecule has 21 heavy (non-hydrogen) atoms. The molecular formula is C17H21NO2S. The van der Waals surface area contributed by atoms with Gasteiger partial charge in [-0.15, -0.1) is 11.3 Å². The number of benzene rings is 1. The molecule has 0 bridgehead atoms. The summed E-state index contributed by atoms with van der Waals surface area (Å²) in [6.07, 6.45) is 1.06. The molecule has 112 valence electrons. The summed E-state index contributed by atoms with van der Waals surface area (Å²) in [6, 6.07) is 8.98. The van der Waals surface area contributed by atoms with Gasteiger partial charge in [-0.2, -0.15) is 0 Å². The molecule has 0 fully saturated rings. The number of thiophene rings is 1. The molecule has 0 amide bonds. The third-order valence-electron chi connectivity index (χ3n) is 4.19. The first kappa shape index (κ1) is 14.4. The zero-order chi connectivity index (χ0) is 14.8. The van der Waals surface area contributed by atoms with Crippen LogP contribution in [0.4, 0.5) is 0 Å². The molecule has 0 aliphatic carbocycles. The van der Waals surface area contributed by atoms with Crippen LogP contribution in [0, 0.1) is 0 Å². The molecule has 1 unspecified atom stereocenters. The molecule has 0 saturated carbocycles. The molecule has 3 rings (SSSR count). The van der Waals surface area contributed by atoms with Gasteiger partial charge in [0.05, 0.1) is 20.3 Å². The van der Waals surface area contributed by atoms with Gasteiger partial charge in [-0.05, 0) is 47.7 Å². The van der Waals surface area contributed by atoms with Crippen LogP contribution in [0.25, 0.3) is 0 Å². The minimum atomic E-state index is 0.332. The standard InChI is InChI=1S/C17H21NO2S/c1-4-18-8-7-12-10-14(19-2)15(20-3)11-13(12)17(18)16-6-5-9-21-16/h5-6,9-11,17H,4,7-8H2,1-3H3. The second-order valence-electron chi connectivity index (χ2n) is 5.20. The van der Waals surface area contributed by atoms with E-state index in [1.165, 1.54) is 16.0 Å². The van der Waals surface area contributed by atoms with Crippen molar-refractivity contribution in [2.45, 2.75) is 19.4 Å². The topological polar surface area (TPSA) is 21.7 Å². The van der Waals surface area contributed by atoms with E-state index >= 15 is 0 Å². The Kier molecular flexibility index (Phi) is 4.17. The van der Waals surface area contributed by atoms with E-state index in [9.17, 15) is 0 Å². The van der Waals surface area contributed by atoms with Crippen molar-refractivity contribution in [2.24, 2.45) is 0 Å². The Hall–Kier alpha value is -1.52. The Balaban J connectivity index is 2.12. The number of hydrogen-bond donors (Lipinski definition) is 0. The summed E-state index contributed by atoms with van der Waals surface area (Å²) < 4.78 is 10.9. The summed E-state index contributed by atoms with van der Waals surface area (Å²) in [5, 5.41) is 2.15. The van der Waals surface area contributed by atoms with Crippen LogP contribution in [0.3, 0.4) is 0 Å². The molecule has 2 heterocycles. The van der Waals surface area contributed by atoms with Crippen molar-refractivity contribution in [3.63, 3.8) is 0 Å². The van der Waals surface area contributed by atoms with Gasteiger partial charge in [0.15, 0.2) is 11.5 Å². The molecule has 1 aliphatic rings. The molecule has 1 aromatic carbocycles. The molecule has 4 heteroatoms. The van der Waals surface area contributed by atoms with Crippen LogP contribution in [0.2, 0.25) is 0 Å². The number of methoxy groups -OCH3 is 2. The first-order valence-corrected chi connectivity index (χ1v) is 8.18. The van der Waals surface area contributed by atoms with Gasteiger partial charge in [-0.1, -0.05) is 13.0 Å². The van der Waals surface area contributed by atoms with Gasteiger partial charge in [0.1, 0.15) is 0 Å². The van der Waals surface area contributed by atoms with E-state index in [0.29, 0.717) is 6.04 Å². The van der Waals surface area contributed by atoms with Crippen molar-refractivity contribution in [1.29, 1.82) is 0 Å². The molecule has 1 atom stereocenters. The zero-order valence-electron chi connectivity index (χ0n) is 12.8. The Morgan fingerprint density at radius 1 is 1.24 bits per heavy atom. The Morgan fingerprint density at radius 3 is 2.62 bits per heavy atom. The maximum absolute atomic E-state index is 5.50. The van der Waals surface area contributed by atoms with Gasteiger partial charge >= 0.3 is 0 Å². The van der Waals surface area contributed by atoms with Gasteiger partial charge < -0.3 is 9.47 Å². The predicted octanol–water partition coefficient (Wildman–Crippen LogP) is 3.73. The lowest BCUT2D eigenvalue weighted by Gasteiger charge is -2.36. The molecule has 0 spiro atoms. The van der Waals surface area contributed by atoms with Crippen molar-refractivity contribution in [2.75, 3.05) is 27.3 Å². The molecule has 0 saturated heterocycles.